The number of anilines is 1. The van der Waals surface area contributed by atoms with E-state index in [0.29, 0.717) is 22.5 Å². The van der Waals surface area contributed by atoms with Crippen LogP contribution in [0.15, 0.2) is 48.0 Å². The van der Waals surface area contributed by atoms with Gasteiger partial charge in [-0.15, -0.1) is 0 Å². The number of nitro groups is 1. The highest BCUT2D eigenvalue weighted by molar-refractivity contribution is 7.80. The Labute approximate surface area is 215 Å². The Bertz CT molecular complexity index is 1480. The molecule has 2 amide bonds. The number of rotatable bonds is 4. The van der Waals surface area contributed by atoms with E-state index in [9.17, 15) is 19.7 Å². The molecule has 1 aromatic heterocycles. The molecule has 0 spiro atoms. The molecule has 1 aliphatic rings. The van der Waals surface area contributed by atoms with Gasteiger partial charge in [0.1, 0.15) is 5.57 Å². The van der Waals surface area contributed by atoms with Crippen LogP contribution in [0.25, 0.3) is 11.8 Å². The number of nitrogens with one attached hydrogen (secondary N) is 1. The number of aryl methyl sites for hydroxylation is 2. The van der Waals surface area contributed by atoms with E-state index in [2.05, 4.69) is 5.32 Å². The van der Waals surface area contributed by atoms with Gasteiger partial charge in [0.15, 0.2) is 5.11 Å². The fraction of sp³-hybridized carbons (Fsp3) is 0.125. The minimum Gasteiger partial charge on any atom is -0.318 e. The van der Waals surface area contributed by atoms with Gasteiger partial charge in [0.25, 0.3) is 17.5 Å². The first kappa shape index (κ1) is 24.6. The summed E-state index contributed by atoms with van der Waals surface area (Å²) in [7, 11) is 0. The molecule has 1 N–H and O–H groups in total. The first-order valence-electron chi connectivity index (χ1n) is 10.3. The van der Waals surface area contributed by atoms with Gasteiger partial charge in [-0.05, 0) is 68.9 Å². The van der Waals surface area contributed by atoms with E-state index >= 15 is 0 Å². The van der Waals surface area contributed by atoms with Gasteiger partial charge in [-0.2, -0.15) is 0 Å². The number of nitro benzene ring substituents is 1. The first-order chi connectivity index (χ1) is 16.5. The van der Waals surface area contributed by atoms with Gasteiger partial charge in [-0.25, -0.2) is 0 Å². The van der Waals surface area contributed by atoms with Crippen molar-refractivity contribution in [3.8, 4) is 5.69 Å². The van der Waals surface area contributed by atoms with Crippen LogP contribution in [0.4, 0.5) is 11.4 Å². The van der Waals surface area contributed by atoms with Gasteiger partial charge in [-0.1, -0.05) is 35.3 Å². The van der Waals surface area contributed by atoms with Crippen molar-refractivity contribution in [2.75, 3.05) is 4.90 Å². The van der Waals surface area contributed by atoms with Crippen molar-refractivity contribution in [1.82, 2.24) is 9.88 Å². The largest absolute Gasteiger partial charge is 0.318 e. The highest BCUT2D eigenvalue weighted by atomic mass is 35.5. The summed E-state index contributed by atoms with van der Waals surface area (Å²) in [5.41, 5.74) is 3.28. The number of nitrogens with zero attached hydrogens (tertiary/aromatic N) is 3. The molecule has 2 aromatic carbocycles. The molecule has 0 aliphatic carbocycles. The molecule has 3 aromatic rings. The van der Waals surface area contributed by atoms with Crippen molar-refractivity contribution in [2.24, 2.45) is 0 Å². The Kier molecular flexibility index (Phi) is 6.50. The zero-order chi connectivity index (χ0) is 25.6. The second-order valence-corrected chi connectivity index (χ2v) is 9.09. The van der Waals surface area contributed by atoms with Crippen LogP contribution in [0.5, 0.6) is 0 Å². The van der Waals surface area contributed by atoms with Gasteiger partial charge in [-0.3, -0.25) is 29.9 Å². The third kappa shape index (κ3) is 4.34. The molecule has 8 nitrogen and oxygen atoms in total. The Morgan fingerprint density at radius 2 is 1.80 bits per heavy atom. The van der Waals surface area contributed by atoms with Crippen LogP contribution >= 0.6 is 35.4 Å². The predicted octanol–water partition coefficient (Wildman–Crippen LogP) is 5.45. The number of aromatic nitrogens is 1. The molecule has 4 rings (SSSR count). The average molecular weight is 529 g/mol. The minimum absolute atomic E-state index is 0.000652. The third-order valence-corrected chi connectivity index (χ3v) is 6.79. The predicted molar refractivity (Wildman–Crippen MR) is 139 cm³/mol. The number of halogens is 2. The maximum absolute atomic E-state index is 13.4. The maximum atomic E-state index is 13.4. The normalized spacial score (nSPS) is 15.1. The molecule has 11 heteroatoms. The quantitative estimate of drug-likeness (QED) is 0.159. The SMILES string of the molecule is Cc1ccc(-n2c(C)cc(/C=C3\C(=O)NC(=S)N(c4cccc(Cl)c4Cl)C3=O)c2C)cc1[N+](=O)[O-]. The first-order valence-corrected chi connectivity index (χ1v) is 11.5. The summed E-state index contributed by atoms with van der Waals surface area (Å²) in [6.07, 6.45) is 1.46. The van der Waals surface area contributed by atoms with E-state index in [1.165, 1.54) is 12.1 Å². The number of carbonyl (C=O) groups is 2. The van der Waals surface area contributed by atoms with Gasteiger partial charge < -0.3 is 4.57 Å². The zero-order valence-electron chi connectivity index (χ0n) is 18.8. The number of hydrogen-bond donors (Lipinski definition) is 1. The lowest BCUT2D eigenvalue weighted by atomic mass is 10.1. The van der Waals surface area contributed by atoms with Crippen molar-refractivity contribution in [1.29, 1.82) is 0 Å². The molecule has 0 atom stereocenters. The van der Waals surface area contributed by atoms with Gasteiger partial charge in [0.05, 0.1) is 26.3 Å². The molecule has 178 valence electrons. The van der Waals surface area contributed by atoms with Crippen molar-refractivity contribution >= 4 is 69.8 Å². The molecule has 0 unspecified atom stereocenters. The summed E-state index contributed by atoms with van der Waals surface area (Å²) in [5, 5.41) is 14.2. The van der Waals surface area contributed by atoms with Crippen LogP contribution < -0.4 is 10.2 Å². The molecular weight excluding hydrogens is 511 g/mol. The van der Waals surface area contributed by atoms with E-state index in [0.717, 1.165) is 10.6 Å². The number of hydrogen-bond acceptors (Lipinski definition) is 5. The van der Waals surface area contributed by atoms with Crippen LogP contribution in [0.3, 0.4) is 0 Å². The summed E-state index contributed by atoms with van der Waals surface area (Å²) in [5.74, 6) is -1.30. The Morgan fingerprint density at radius 3 is 2.49 bits per heavy atom. The smallest absolute Gasteiger partial charge is 0.274 e. The van der Waals surface area contributed by atoms with Crippen LogP contribution in [-0.4, -0.2) is 26.4 Å². The Morgan fingerprint density at radius 1 is 1.09 bits per heavy atom. The van der Waals surface area contributed by atoms with E-state index in [1.54, 1.807) is 50.2 Å². The van der Waals surface area contributed by atoms with Crippen molar-refractivity contribution in [3.05, 3.63) is 90.7 Å². The van der Waals surface area contributed by atoms with Crippen LogP contribution in [-0.2, 0) is 9.59 Å². The lowest BCUT2D eigenvalue weighted by molar-refractivity contribution is -0.385. The fourth-order valence-corrected chi connectivity index (χ4v) is 4.62. The molecule has 0 radical (unpaired) electrons. The molecular formula is C24H18Cl2N4O4S. The molecule has 0 saturated carbocycles. The minimum atomic E-state index is -0.654. The number of thiocarbonyl (C=S) groups is 1. The van der Waals surface area contributed by atoms with Gasteiger partial charge >= 0.3 is 0 Å². The summed E-state index contributed by atoms with van der Waals surface area (Å²) in [6.45, 7) is 5.30. The molecule has 1 saturated heterocycles. The van der Waals surface area contributed by atoms with Crippen molar-refractivity contribution < 1.29 is 14.5 Å². The van der Waals surface area contributed by atoms with Crippen molar-refractivity contribution in [3.63, 3.8) is 0 Å². The molecule has 0 bridgehead atoms. The van der Waals surface area contributed by atoms with E-state index in [4.69, 9.17) is 35.4 Å². The van der Waals surface area contributed by atoms with Gasteiger partial charge in [0.2, 0.25) is 0 Å². The highest BCUT2D eigenvalue weighted by Gasteiger charge is 2.36. The zero-order valence-corrected chi connectivity index (χ0v) is 21.1. The summed E-state index contributed by atoms with van der Waals surface area (Å²) < 4.78 is 1.82. The van der Waals surface area contributed by atoms with Crippen molar-refractivity contribution in [2.45, 2.75) is 20.8 Å². The molecule has 1 fully saturated rings. The standard InChI is InChI=1S/C24H18Cl2N4O4S/c1-12-7-8-16(11-20(12)30(33)34)28-13(2)9-15(14(28)3)10-17-22(31)27-24(35)29(23(17)32)19-6-4-5-18(25)21(19)26/h4-11H,1-3H3,(H,27,31,35)/b17-10+. The van der Waals surface area contributed by atoms with Crippen LogP contribution in [0, 0.1) is 30.9 Å². The molecule has 35 heavy (non-hydrogen) atoms. The number of benzene rings is 2. The molecule has 1 aliphatic heterocycles. The Balaban J connectivity index is 1.80. The summed E-state index contributed by atoms with van der Waals surface area (Å²) in [6, 6.07) is 11.5. The van der Waals surface area contributed by atoms with E-state index in [-0.39, 0.29) is 32.1 Å². The van der Waals surface area contributed by atoms with Gasteiger partial charge in [0, 0.05) is 23.0 Å². The maximum Gasteiger partial charge on any atom is 0.274 e. The van der Waals surface area contributed by atoms with E-state index in [1.807, 2.05) is 11.5 Å². The number of carbonyl (C=O) groups excluding carboxylic acids is 2. The summed E-state index contributed by atoms with van der Waals surface area (Å²) >= 11 is 17.6. The second-order valence-electron chi connectivity index (χ2n) is 7.92. The summed E-state index contributed by atoms with van der Waals surface area (Å²) in [4.78, 5) is 38.2. The third-order valence-electron chi connectivity index (χ3n) is 5.69. The van der Waals surface area contributed by atoms with E-state index < -0.39 is 16.7 Å². The lowest BCUT2D eigenvalue weighted by Crippen LogP contribution is -2.54. The topological polar surface area (TPSA) is 97.5 Å². The highest BCUT2D eigenvalue weighted by Crippen LogP contribution is 2.35. The lowest BCUT2D eigenvalue weighted by Gasteiger charge is -2.29. The fourth-order valence-electron chi connectivity index (χ4n) is 3.96. The van der Waals surface area contributed by atoms with Crippen LogP contribution in [0.1, 0.15) is 22.5 Å². The Hall–Kier alpha value is -3.53. The monoisotopic (exact) mass is 528 g/mol. The van der Waals surface area contributed by atoms with Crippen LogP contribution in [0.2, 0.25) is 10.0 Å². The average Bonchev–Trinajstić information content (AvgIpc) is 3.07. The second kappa shape index (κ2) is 9.26. The number of amides is 2. The molecule has 2 heterocycles.